The molecule has 0 spiro atoms. The number of rotatable bonds is 4. The lowest BCUT2D eigenvalue weighted by atomic mass is 10.1. The maximum absolute atomic E-state index is 12.2. The van der Waals surface area contributed by atoms with Crippen LogP contribution in [-0.4, -0.2) is 30.5 Å². The van der Waals surface area contributed by atoms with Crippen molar-refractivity contribution >= 4 is 0 Å². The summed E-state index contributed by atoms with van der Waals surface area (Å²) in [7, 11) is 0. The first-order chi connectivity index (χ1) is 7.45. The van der Waals surface area contributed by atoms with E-state index in [0.717, 1.165) is 12.8 Å². The maximum atomic E-state index is 12.2. The van der Waals surface area contributed by atoms with E-state index < -0.39 is 24.7 Å². The number of aliphatic hydroxyl groups excluding tert-OH is 1. The van der Waals surface area contributed by atoms with Crippen LogP contribution in [0.5, 0.6) is 0 Å². The van der Waals surface area contributed by atoms with Gasteiger partial charge in [0.1, 0.15) is 0 Å². The van der Waals surface area contributed by atoms with Gasteiger partial charge in [-0.25, -0.2) is 0 Å². The van der Waals surface area contributed by atoms with Gasteiger partial charge in [-0.1, -0.05) is 6.42 Å². The lowest BCUT2D eigenvalue weighted by Gasteiger charge is -2.18. The molecular formula is C10H15F3N2O. The molecule has 1 rings (SSSR count). The summed E-state index contributed by atoms with van der Waals surface area (Å²) < 4.78 is 36.6. The number of aliphatic hydroxyl groups is 1. The number of halogens is 3. The van der Waals surface area contributed by atoms with Gasteiger partial charge in [0.15, 0.2) is 5.92 Å². The Hall–Kier alpha value is -0.800. The SMILES string of the molecule is N#CC(CNCC1CCCC1O)C(F)(F)F. The molecule has 6 heteroatoms. The summed E-state index contributed by atoms with van der Waals surface area (Å²) in [5.41, 5.74) is 0. The highest BCUT2D eigenvalue weighted by molar-refractivity contribution is 4.90. The Morgan fingerprint density at radius 3 is 2.56 bits per heavy atom. The van der Waals surface area contributed by atoms with Gasteiger partial charge in [-0.2, -0.15) is 18.4 Å². The van der Waals surface area contributed by atoms with Crippen LogP contribution in [0.1, 0.15) is 19.3 Å². The summed E-state index contributed by atoms with van der Waals surface area (Å²) in [6, 6.07) is 1.23. The lowest BCUT2D eigenvalue weighted by molar-refractivity contribution is -0.157. The zero-order valence-electron chi connectivity index (χ0n) is 8.80. The minimum absolute atomic E-state index is 0.0209. The molecule has 0 heterocycles. The average molecular weight is 236 g/mol. The molecule has 0 amide bonds. The van der Waals surface area contributed by atoms with Gasteiger partial charge in [-0.3, -0.25) is 0 Å². The van der Waals surface area contributed by atoms with Crippen molar-refractivity contribution in [1.29, 1.82) is 5.26 Å². The molecule has 3 nitrogen and oxygen atoms in total. The standard InChI is InChI=1S/C10H15F3N2O/c11-10(12,13)8(4-14)6-15-5-7-2-1-3-9(7)16/h7-9,15-16H,1-3,5-6H2. The molecule has 1 aliphatic carbocycles. The lowest BCUT2D eigenvalue weighted by Crippen LogP contribution is -2.36. The quantitative estimate of drug-likeness (QED) is 0.776. The minimum atomic E-state index is -4.48. The van der Waals surface area contributed by atoms with Gasteiger partial charge < -0.3 is 10.4 Å². The zero-order chi connectivity index (χ0) is 12.2. The van der Waals surface area contributed by atoms with Gasteiger partial charge in [0.05, 0.1) is 12.2 Å². The molecule has 3 unspecified atom stereocenters. The van der Waals surface area contributed by atoms with Gasteiger partial charge in [-0.05, 0) is 18.8 Å². The highest BCUT2D eigenvalue weighted by atomic mass is 19.4. The Labute approximate surface area is 92.3 Å². The average Bonchev–Trinajstić information content (AvgIpc) is 2.57. The number of alkyl halides is 3. The maximum Gasteiger partial charge on any atom is 0.405 e. The van der Waals surface area contributed by atoms with Crippen LogP contribution in [0, 0.1) is 23.2 Å². The van der Waals surface area contributed by atoms with Gasteiger partial charge in [0.2, 0.25) is 0 Å². The van der Waals surface area contributed by atoms with Crippen LogP contribution in [0.2, 0.25) is 0 Å². The molecule has 0 aromatic carbocycles. The minimum Gasteiger partial charge on any atom is -0.393 e. The fraction of sp³-hybridized carbons (Fsp3) is 0.900. The fourth-order valence-corrected chi connectivity index (χ4v) is 1.90. The molecule has 1 fully saturated rings. The largest absolute Gasteiger partial charge is 0.405 e. The second kappa shape index (κ2) is 5.51. The highest BCUT2D eigenvalue weighted by Crippen LogP contribution is 2.26. The van der Waals surface area contributed by atoms with Crippen LogP contribution >= 0.6 is 0 Å². The summed E-state index contributed by atoms with van der Waals surface area (Å²) in [5.74, 6) is -1.95. The van der Waals surface area contributed by atoms with E-state index in [-0.39, 0.29) is 5.92 Å². The van der Waals surface area contributed by atoms with E-state index in [4.69, 9.17) is 5.26 Å². The second-order valence-electron chi connectivity index (χ2n) is 4.14. The summed E-state index contributed by atoms with van der Waals surface area (Å²) in [6.07, 6.45) is -2.44. The summed E-state index contributed by atoms with van der Waals surface area (Å²) >= 11 is 0. The summed E-state index contributed by atoms with van der Waals surface area (Å²) in [6.45, 7) is -0.0569. The van der Waals surface area contributed by atoms with Crippen molar-refractivity contribution < 1.29 is 18.3 Å². The number of hydrogen-bond donors (Lipinski definition) is 2. The fourth-order valence-electron chi connectivity index (χ4n) is 1.90. The predicted octanol–water partition coefficient (Wildman–Crippen LogP) is 1.44. The third-order valence-electron chi connectivity index (χ3n) is 2.92. The first kappa shape index (κ1) is 13.3. The normalized spacial score (nSPS) is 27.7. The highest BCUT2D eigenvalue weighted by Gasteiger charge is 2.39. The second-order valence-corrected chi connectivity index (χ2v) is 4.14. The van der Waals surface area contributed by atoms with E-state index in [1.54, 1.807) is 0 Å². The topological polar surface area (TPSA) is 56.0 Å². The molecule has 2 N–H and O–H groups in total. The molecular weight excluding hydrogens is 221 g/mol. The van der Waals surface area contributed by atoms with Crippen molar-refractivity contribution in [2.45, 2.75) is 31.5 Å². The van der Waals surface area contributed by atoms with Crippen LogP contribution in [0.3, 0.4) is 0 Å². The van der Waals surface area contributed by atoms with Gasteiger partial charge in [-0.15, -0.1) is 0 Å². The van der Waals surface area contributed by atoms with Crippen LogP contribution in [0.4, 0.5) is 13.2 Å². The van der Waals surface area contributed by atoms with Crippen LogP contribution in [-0.2, 0) is 0 Å². The molecule has 92 valence electrons. The molecule has 0 aliphatic heterocycles. The van der Waals surface area contributed by atoms with Gasteiger partial charge in [0, 0.05) is 13.1 Å². The summed E-state index contributed by atoms with van der Waals surface area (Å²) in [5, 5.41) is 20.4. The van der Waals surface area contributed by atoms with E-state index in [2.05, 4.69) is 5.32 Å². The smallest absolute Gasteiger partial charge is 0.393 e. The first-order valence-electron chi connectivity index (χ1n) is 5.30. The molecule has 0 radical (unpaired) electrons. The molecule has 0 bridgehead atoms. The van der Waals surface area contributed by atoms with Crippen molar-refractivity contribution in [3.05, 3.63) is 0 Å². The van der Waals surface area contributed by atoms with Gasteiger partial charge >= 0.3 is 6.18 Å². The predicted molar refractivity (Wildman–Crippen MR) is 51.4 cm³/mol. The Bertz CT molecular complexity index is 262. The van der Waals surface area contributed by atoms with E-state index >= 15 is 0 Å². The molecule has 0 saturated heterocycles. The van der Waals surface area contributed by atoms with Crippen molar-refractivity contribution in [3.8, 4) is 6.07 Å². The third kappa shape index (κ3) is 3.65. The third-order valence-corrected chi connectivity index (χ3v) is 2.92. The van der Waals surface area contributed by atoms with E-state index in [1.807, 2.05) is 0 Å². The van der Waals surface area contributed by atoms with Crippen molar-refractivity contribution in [3.63, 3.8) is 0 Å². The molecule has 0 aromatic rings. The first-order valence-corrected chi connectivity index (χ1v) is 5.30. The van der Waals surface area contributed by atoms with E-state index in [1.165, 1.54) is 6.07 Å². The van der Waals surface area contributed by atoms with Crippen molar-refractivity contribution in [2.24, 2.45) is 11.8 Å². The Morgan fingerprint density at radius 2 is 2.12 bits per heavy atom. The molecule has 1 aliphatic rings. The molecule has 0 aromatic heterocycles. The van der Waals surface area contributed by atoms with E-state index in [9.17, 15) is 18.3 Å². The Morgan fingerprint density at radius 1 is 1.44 bits per heavy atom. The van der Waals surface area contributed by atoms with Crippen molar-refractivity contribution in [1.82, 2.24) is 5.32 Å². The molecule has 16 heavy (non-hydrogen) atoms. The number of nitrogens with one attached hydrogen (secondary N) is 1. The van der Waals surface area contributed by atoms with E-state index in [0.29, 0.717) is 13.0 Å². The van der Waals surface area contributed by atoms with Crippen LogP contribution in [0.25, 0.3) is 0 Å². The van der Waals surface area contributed by atoms with Gasteiger partial charge in [0.25, 0.3) is 0 Å². The number of nitrogens with zero attached hydrogens (tertiary/aromatic N) is 1. The molecule has 3 atom stereocenters. The molecule has 1 saturated carbocycles. The zero-order valence-corrected chi connectivity index (χ0v) is 8.80. The Kier molecular flexibility index (Phi) is 4.56. The summed E-state index contributed by atoms with van der Waals surface area (Å²) in [4.78, 5) is 0. The number of nitriles is 1. The van der Waals surface area contributed by atoms with Crippen LogP contribution < -0.4 is 5.32 Å². The van der Waals surface area contributed by atoms with Crippen molar-refractivity contribution in [2.75, 3.05) is 13.1 Å². The monoisotopic (exact) mass is 236 g/mol. The number of hydrogen-bond acceptors (Lipinski definition) is 3. The Balaban J connectivity index is 2.27. The van der Waals surface area contributed by atoms with Crippen LogP contribution in [0.15, 0.2) is 0 Å².